The summed E-state index contributed by atoms with van der Waals surface area (Å²) in [5.41, 5.74) is 1.63. The second kappa shape index (κ2) is 8.94. The molecule has 0 atom stereocenters. The molecule has 0 aliphatic carbocycles. The molecule has 0 spiro atoms. The van der Waals surface area contributed by atoms with Crippen LogP contribution in [0.15, 0.2) is 49.0 Å². The lowest BCUT2D eigenvalue weighted by Crippen LogP contribution is -2.44. The number of aryl methyl sites for hydroxylation is 1. The van der Waals surface area contributed by atoms with Crippen LogP contribution in [-0.4, -0.2) is 64.0 Å². The van der Waals surface area contributed by atoms with Crippen molar-refractivity contribution in [2.24, 2.45) is 0 Å². The molecule has 0 radical (unpaired) electrons. The number of nitrogens with zero attached hydrogens (tertiary/aromatic N) is 6. The third kappa shape index (κ3) is 4.59. The number of fused-ring (bicyclic) bond motifs is 1. The lowest BCUT2D eigenvalue weighted by atomic mass is 10.3. The van der Waals surface area contributed by atoms with Crippen LogP contribution in [0.5, 0.6) is 5.75 Å². The topological polar surface area (TPSA) is 120 Å². The summed E-state index contributed by atoms with van der Waals surface area (Å²) in [4.78, 5) is 34.3. The molecule has 3 aromatic heterocycles. The lowest BCUT2D eigenvalue weighted by Gasteiger charge is -2.33. The van der Waals surface area contributed by atoms with Gasteiger partial charge < -0.3 is 30.5 Å². The molecule has 0 bridgehead atoms. The van der Waals surface area contributed by atoms with Gasteiger partial charge in [0.2, 0.25) is 5.95 Å². The van der Waals surface area contributed by atoms with E-state index in [0.717, 1.165) is 43.2 Å². The van der Waals surface area contributed by atoms with E-state index in [2.05, 4.69) is 59.3 Å². The highest BCUT2D eigenvalue weighted by atomic mass is 16.5. The number of carbonyl (C=O) groups excluding carboxylic acids is 1. The highest BCUT2D eigenvalue weighted by Crippen LogP contribution is 2.31. The average molecular weight is 460 g/mol. The second-order valence-corrected chi connectivity index (χ2v) is 8.19. The van der Waals surface area contributed by atoms with Crippen molar-refractivity contribution in [1.82, 2.24) is 24.8 Å². The van der Waals surface area contributed by atoms with Gasteiger partial charge in [0.25, 0.3) is 5.91 Å². The summed E-state index contributed by atoms with van der Waals surface area (Å²) in [5.74, 6) is 2.83. The van der Waals surface area contributed by atoms with Crippen molar-refractivity contribution in [2.45, 2.75) is 6.92 Å². The largest absolute Gasteiger partial charge is 0.448 e. The van der Waals surface area contributed by atoms with Crippen molar-refractivity contribution in [1.29, 1.82) is 0 Å². The van der Waals surface area contributed by atoms with E-state index in [1.807, 2.05) is 19.1 Å². The Labute approximate surface area is 196 Å². The minimum Gasteiger partial charge on any atom is -0.448 e. The Balaban J connectivity index is 1.28. The normalized spacial score (nSPS) is 15.9. The molecular formula is C23H25N9O2. The van der Waals surface area contributed by atoms with Gasteiger partial charge in [0.05, 0.1) is 11.9 Å². The van der Waals surface area contributed by atoms with Crippen molar-refractivity contribution >= 4 is 40.8 Å². The van der Waals surface area contributed by atoms with E-state index in [9.17, 15) is 4.79 Å². The van der Waals surface area contributed by atoms with Crippen LogP contribution in [0.1, 0.15) is 5.56 Å². The molecule has 1 fully saturated rings. The van der Waals surface area contributed by atoms with Gasteiger partial charge in [-0.3, -0.25) is 4.79 Å². The second-order valence-electron chi connectivity index (χ2n) is 8.19. The molecule has 3 N–H and O–H groups in total. The number of pyridine rings is 2. The molecule has 2 aliphatic heterocycles. The number of likely N-dealkylation sites (N-methyl/N-ethyl adjacent to an activating group) is 1. The van der Waals surface area contributed by atoms with Crippen molar-refractivity contribution in [3.63, 3.8) is 0 Å². The van der Waals surface area contributed by atoms with Crippen LogP contribution in [0.25, 0.3) is 0 Å². The minimum atomic E-state index is -0.422. The molecule has 0 unspecified atom stereocenters. The van der Waals surface area contributed by atoms with Gasteiger partial charge in [-0.05, 0) is 38.2 Å². The third-order valence-electron chi connectivity index (χ3n) is 5.63. The smallest absolute Gasteiger partial charge is 0.292 e. The van der Waals surface area contributed by atoms with Crippen LogP contribution in [-0.2, 0) is 4.79 Å². The Morgan fingerprint density at radius 3 is 2.62 bits per heavy atom. The zero-order chi connectivity index (χ0) is 23.7. The molecule has 1 amide bonds. The van der Waals surface area contributed by atoms with Crippen molar-refractivity contribution in [2.75, 3.05) is 54.1 Å². The van der Waals surface area contributed by atoms with E-state index in [1.54, 1.807) is 24.5 Å². The number of anilines is 6. The summed E-state index contributed by atoms with van der Waals surface area (Å²) in [6.07, 6.45) is 3.50. The van der Waals surface area contributed by atoms with E-state index < -0.39 is 5.91 Å². The van der Waals surface area contributed by atoms with Gasteiger partial charge in [-0.1, -0.05) is 6.58 Å². The van der Waals surface area contributed by atoms with Crippen molar-refractivity contribution < 1.29 is 9.53 Å². The molecule has 5 rings (SSSR count). The lowest BCUT2D eigenvalue weighted by molar-refractivity contribution is -0.115. The molecule has 34 heavy (non-hydrogen) atoms. The zero-order valence-electron chi connectivity index (χ0n) is 19.0. The van der Waals surface area contributed by atoms with Crippen LogP contribution < -0.4 is 25.6 Å². The Morgan fingerprint density at radius 2 is 1.85 bits per heavy atom. The SMILES string of the molecule is C=C1Oc2ccc(Nc3nc(Nc4ccc(N5CCN(C)CC5)nc4)ncc3C)nc2NC1=O. The van der Waals surface area contributed by atoms with Gasteiger partial charge in [0.1, 0.15) is 17.5 Å². The van der Waals surface area contributed by atoms with E-state index in [0.29, 0.717) is 29.2 Å². The monoisotopic (exact) mass is 459 g/mol. The number of aromatic nitrogens is 4. The fourth-order valence-electron chi connectivity index (χ4n) is 3.61. The van der Waals surface area contributed by atoms with Gasteiger partial charge >= 0.3 is 0 Å². The number of ether oxygens (including phenoxy) is 1. The van der Waals surface area contributed by atoms with E-state index >= 15 is 0 Å². The number of nitrogens with one attached hydrogen (secondary N) is 3. The van der Waals surface area contributed by atoms with Crippen molar-refractivity contribution in [3.05, 3.63) is 54.6 Å². The average Bonchev–Trinajstić information content (AvgIpc) is 2.83. The predicted molar refractivity (Wildman–Crippen MR) is 130 cm³/mol. The number of amides is 1. The van der Waals surface area contributed by atoms with Gasteiger partial charge in [-0.2, -0.15) is 4.98 Å². The Kier molecular flexibility index (Phi) is 5.68. The maximum atomic E-state index is 11.8. The van der Waals surface area contributed by atoms with Gasteiger partial charge in [-0.25, -0.2) is 15.0 Å². The fraction of sp³-hybridized carbons (Fsp3) is 0.261. The Hall–Kier alpha value is -4.25. The molecule has 2 aliphatic rings. The summed E-state index contributed by atoms with van der Waals surface area (Å²) in [7, 11) is 2.13. The van der Waals surface area contributed by atoms with E-state index in [4.69, 9.17) is 4.74 Å². The van der Waals surface area contributed by atoms with Crippen LogP contribution in [0.4, 0.5) is 34.9 Å². The van der Waals surface area contributed by atoms with Crippen LogP contribution in [0.3, 0.4) is 0 Å². The Morgan fingerprint density at radius 1 is 1.03 bits per heavy atom. The number of hydrogen-bond donors (Lipinski definition) is 3. The minimum absolute atomic E-state index is 0.0309. The van der Waals surface area contributed by atoms with E-state index in [-0.39, 0.29) is 5.76 Å². The van der Waals surface area contributed by atoms with Crippen molar-refractivity contribution in [3.8, 4) is 5.75 Å². The van der Waals surface area contributed by atoms with Crippen LogP contribution >= 0.6 is 0 Å². The molecule has 3 aromatic rings. The summed E-state index contributed by atoms with van der Waals surface area (Å²) >= 11 is 0. The standard InChI is InChI=1S/C23H25N9O2/c1-14-12-25-23(26-16-4-7-19(24-13-16)32-10-8-31(3)9-11-32)30-20(14)27-18-6-5-17-21(28-18)29-22(33)15(2)34-17/h4-7,12-13H,2,8-11H2,1,3H3,(H3,25,26,27,28,29,30,33). The highest BCUT2D eigenvalue weighted by molar-refractivity contribution is 6.04. The third-order valence-corrected chi connectivity index (χ3v) is 5.63. The molecule has 11 heteroatoms. The zero-order valence-corrected chi connectivity index (χ0v) is 19.0. The Bertz CT molecular complexity index is 1240. The fourth-order valence-corrected chi connectivity index (χ4v) is 3.61. The van der Waals surface area contributed by atoms with Gasteiger partial charge in [0.15, 0.2) is 17.3 Å². The number of rotatable bonds is 5. The first kappa shape index (κ1) is 21.6. The van der Waals surface area contributed by atoms with Crippen LogP contribution in [0.2, 0.25) is 0 Å². The molecule has 11 nitrogen and oxygen atoms in total. The number of carbonyl (C=O) groups is 1. The maximum Gasteiger partial charge on any atom is 0.292 e. The first-order chi connectivity index (χ1) is 16.4. The molecule has 0 aromatic carbocycles. The van der Waals surface area contributed by atoms with Gasteiger partial charge in [0, 0.05) is 37.9 Å². The summed E-state index contributed by atoms with van der Waals surface area (Å²) < 4.78 is 5.37. The van der Waals surface area contributed by atoms with E-state index in [1.165, 1.54) is 0 Å². The summed E-state index contributed by atoms with van der Waals surface area (Å²) in [6, 6.07) is 7.42. The summed E-state index contributed by atoms with van der Waals surface area (Å²) in [5, 5.41) is 9.02. The predicted octanol–water partition coefficient (Wildman–Crippen LogP) is 2.66. The molecule has 1 saturated heterocycles. The molecule has 0 saturated carbocycles. The molecule has 5 heterocycles. The van der Waals surface area contributed by atoms with Gasteiger partial charge in [-0.15, -0.1) is 0 Å². The van der Waals surface area contributed by atoms with Crippen LogP contribution in [0, 0.1) is 6.92 Å². The number of piperazine rings is 1. The maximum absolute atomic E-state index is 11.8. The summed E-state index contributed by atoms with van der Waals surface area (Å²) in [6.45, 7) is 9.45. The number of hydrogen-bond acceptors (Lipinski definition) is 10. The molecule has 174 valence electrons. The highest BCUT2D eigenvalue weighted by Gasteiger charge is 2.22. The first-order valence-corrected chi connectivity index (χ1v) is 10.9. The first-order valence-electron chi connectivity index (χ1n) is 10.9. The quantitative estimate of drug-likeness (QED) is 0.491. The molecular weight excluding hydrogens is 434 g/mol.